The molecule has 4 rings (SSSR count). The molecular formula is C36H37Cl3N4O7S. The van der Waals surface area contributed by atoms with Crippen LogP contribution in [-0.4, -0.2) is 55.8 Å². The molecule has 4 aromatic rings. The van der Waals surface area contributed by atoms with E-state index in [4.69, 9.17) is 39.5 Å². The van der Waals surface area contributed by atoms with Gasteiger partial charge in [-0.05, 0) is 62.2 Å². The summed E-state index contributed by atoms with van der Waals surface area (Å²) in [5.74, 6) is -1.24. The molecule has 0 aliphatic heterocycles. The summed E-state index contributed by atoms with van der Waals surface area (Å²) < 4.78 is 35.3. The molecule has 0 radical (unpaired) electrons. The van der Waals surface area contributed by atoms with E-state index in [1.165, 1.54) is 49.3 Å². The predicted octanol–water partition coefficient (Wildman–Crippen LogP) is 7.62. The van der Waals surface area contributed by atoms with Crippen molar-refractivity contribution >= 4 is 68.0 Å². The Labute approximate surface area is 312 Å². The zero-order valence-corrected chi connectivity index (χ0v) is 31.4. The minimum absolute atomic E-state index is 0.0495. The number of ether oxygens (including phenoxy) is 1. The number of benzene rings is 4. The highest BCUT2D eigenvalue weighted by atomic mass is 35.5. The highest BCUT2D eigenvalue weighted by Gasteiger charge is 2.37. The van der Waals surface area contributed by atoms with Crippen molar-refractivity contribution in [2.24, 2.45) is 0 Å². The summed E-state index contributed by atoms with van der Waals surface area (Å²) in [5.41, 5.74) is 0.770. The van der Waals surface area contributed by atoms with Crippen LogP contribution in [-0.2, 0) is 32.6 Å². The van der Waals surface area contributed by atoms with Gasteiger partial charge >= 0.3 is 0 Å². The third kappa shape index (κ3) is 9.50. The summed E-state index contributed by atoms with van der Waals surface area (Å²) in [6.07, 6.45) is 0.672. The standard InChI is InChI=1S/C36H37Cl3N4O7S/c1-5-24(3)40-36(45)33(18-25-10-7-6-8-11-25)41(21-28-29(38)12-9-13-30(28)39)35(44)22-42(32-19-26(37)15-17-34(32)50-4)51(48,49)27-16-14-23(2)31(20-27)43(46)47/h6-17,19-20,24,33H,5,18,21-22H2,1-4H3,(H,40,45)/t24-,33-/m1/s1. The van der Waals surface area contributed by atoms with Crippen LogP contribution in [0, 0.1) is 17.0 Å². The molecule has 270 valence electrons. The average molecular weight is 776 g/mol. The van der Waals surface area contributed by atoms with Gasteiger partial charge < -0.3 is 15.0 Å². The summed E-state index contributed by atoms with van der Waals surface area (Å²) in [6, 6.07) is 20.1. The van der Waals surface area contributed by atoms with Gasteiger partial charge in [0.2, 0.25) is 11.8 Å². The van der Waals surface area contributed by atoms with Crippen LogP contribution in [0.3, 0.4) is 0 Å². The second-order valence-electron chi connectivity index (χ2n) is 11.8. The molecule has 0 aliphatic rings. The van der Waals surface area contributed by atoms with E-state index < -0.39 is 49.9 Å². The first kappa shape index (κ1) is 39.4. The Bertz CT molecular complexity index is 2000. The number of hydrogen-bond donors (Lipinski definition) is 1. The first-order chi connectivity index (χ1) is 24.2. The van der Waals surface area contributed by atoms with Gasteiger partial charge in [-0.2, -0.15) is 0 Å². The second-order valence-corrected chi connectivity index (χ2v) is 14.9. The van der Waals surface area contributed by atoms with Gasteiger partial charge in [0.1, 0.15) is 18.3 Å². The Balaban J connectivity index is 1.93. The molecule has 0 unspecified atom stereocenters. The summed E-state index contributed by atoms with van der Waals surface area (Å²) in [6.45, 7) is 4.07. The summed E-state index contributed by atoms with van der Waals surface area (Å²) in [5, 5.41) is 15.4. The third-order valence-electron chi connectivity index (χ3n) is 8.32. The van der Waals surface area contributed by atoms with E-state index in [1.54, 1.807) is 30.3 Å². The van der Waals surface area contributed by atoms with Crippen molar-refractivity contribution < 1.29 is 27.7 Å². The van der Waals surface area contributed by atoms with Gasteiger partial charge in [-0.3, -0.25) is 24.0 Å². The number of nitro benzene ring substituents is 1. The zero-order chi connectivity index (χ0) is 37.5. The second kappa shape index (κ2) is 17.2. The van der Waals surface area contributed by atoms with Gasteiger partial charge in [-0.25, -0.2) is 8.42 Å². The fourth-order valence-electron chi connectivity index (χ4n) is 5.29. The fraction of sp³-hybridized carbons (Fsp3) is 0.278. The lowest BCUT2D eigenvalue weighted by Gasteiger charge is -2.35. The number of amides is 2. The van der Waals surface area contributed by atoms with Gasteiger partial charge in [0.25, 0.3) is 15.7 Å². The molecule has 0 saturated heterocycles. The Hall–Kier alpha value is -4.36. The van der Waals surface area contributed by atoms with E-state index in [0.717, 1.165) is 15.9 Å². The number of nitrogens with zero attached hydrogens (tertiary/aromatic N) is 3. The number of carbonyl (C=O) groups excluding carboxylic acids is 2. The van der Waals surface area contributed by atoms with E-state index in [0.29, 0.717) is 12.0 Å². The van der Waals surface area contributed by atoms with E-state index in [1.807, 2.05) is 32.0 Å². The van der Waals surface area contributed by atoms with Crippen molar-refractivity contribution in [3.8, 4) is 5.75 Å². The van der Waals surface area contributed by atoms with E-state index in [-0.39, 0.29) is 51.1 Å². The minimum Gasteiger partial charge on any atom is -0.495 e. The quantitative estimate of drug-likeness (QED) is 0.0969. The van der Waals surface area contributed by atoms with Crippen molar-refractivity contribution in [3.05, 3.63) is 127 Å². The smallest absolute Gasteiger partial charge is 0.273 e. The Morgan fingerprint density at radius 1 is 0.961 bits per heavy atom. The number of aryl methyl sites for hydroxylation is 1. The fourth-order valence-corrected chi connectivity index (χ4v) is 7.41. The number of nitro groups is 1. The molecular weight excluding hydrogens is 739 g/mol. The average Bonchev–Trinajstić information content (AvgIpc) is 3.09. The van der Waals surface area contributed by atoms with E-state index in [2.05, 4.69) is 5.32 Å². The molecule has 0 saturated carbocycles. The van der Waals surface area contributed by atoms with Crippen LogP contribution in [0.4, 0.5) is 11.4 Å². The number of hydrogen-bond acceptors (Lipinski definition) is 7. The lowest BCUT2D eigenvalue weighted by Crippen LogP contribution is -2.54. The number of anilines is 1. The van der Waals surface area contributed by atoms with Crippen LogP contribution in [0.25, 0.3) is 0 Å². The van der Waals surface area contributed by atoms with Crippen molar-refractivity contribution in [2.75, 3.05) is 18.0 Å². The minimum atomic E-state index is -4.73. The molecule has 4 aromatic carbocycles. The van der Waals surface area contributed by atoms with Gasteiger partial charge in [0, 0.05) is 51.3 Å². The number of rotatable bonds is 15. The number of methoxy groups -OCH3 is 1. The van der Waals surface area contributed by atoms with Crippen LogP contribution in [0.5, 0.6) is 5.75 Å². The third-order valence-corrected chi connectivity index (χ3v) is 11.0. The Morgan fingerprint density at radius 2 is 1.63 bits per heavy atom. The Kier molecular flexibility index (Phi) is 13.3. The van der Waals surface area contributed by atoms with Crippen LogP contribution in [0.1, 0.15) is 37.0 Å². The zero-order valence-electron chi connectivity index (χ0n) is 28.3. The molecule has 0 fully saturated rings. The molecule has 2 amide bonds. The van der Waals surface area contributed by atoms with Crippen molar-refractivity contribution in [3.63, 3.8) is 0 Å². The van der Waals surface area contributed by atoms with Crippen LogP contribution >= 0.6 is 34.8 Å². The summed E-state index contributed by atoms with van der Waals surface area (Å²) in [7, 11) is -3.42. The normalized spacial score (nSPS) is 12.5. The Morgan fingerprint density at radius 3 is 2.24 bits per heavy atom. The molecule has 1 N–H and O–H groups in total. The van der Waals surface area contributed by atoms with Gasteiger partial charge in [0.15, 0.2) is 0 Å². The number of nitrogens with one attached hydrogen (secondary N) is 1. The molecule has 0 aliphatic carbocycles. The molecule has 11 nitrogen and oxygen atoms in total. The monoisotopic (exact) mass is 774 g/mol. The molecule has 0 heterocycles. The van der Waals surface area contributed by atoms with Crippen molar-refractivity contribution in [1.29, 1.82) is 0 Å². The molecule has 0 spiro atoms. The summed E-state index contributed by atoms with van der Waals surface area (Å²) in [4.78, 5) is 40.8. The van der Waals surface area contributed by atoms with Crippen LogP contribution in [0.2, 0.25) is 15.1 Å². The number of halogens is 3. The topological polar surface area (TPSA) is 139 Å². The summed E-state index contributed by atoms with van der Waals surface area (Å²) >= 11 is 19.5. The first-order valence-corrected chi connectivity index (χ1v) is 18.4. The lowest BCUT2D eigenvalue weighted by molar-refractivity contribution is -0.385. The predicted molar refractivity (Wildman–Crippen MR) is 199 cm³/mol. The van der Waals surface area contributed by atoms with Crippen molar-refractivity contribution in [1.82, 2.24) is 10.2 Å². The highest BCUT2D eigenvalue weighted by Crippen LogP contribution is 2.36. The van der Waals surface area contributed by atoms with Crippen molar-refractivity contribution in [2.45, 2.75) is 57.1 Å². The largest absolute Gasteiger partial charge is 0.495 e. The molecule has 0 aromatic heterocycles. The number of sulfonamides is 1. The molecule has 15 heteroatoms. The molecule has 51 heavy (non-hydrogen) atoms. The maximum absolute atomic E-state index is 14.8. The molecule has 2 atom stereocenters. The first-order valence-electron chi connectivity index (χ1n) is 15.9. The van der Waals surface area contributed by atoms with Gasteiger partial charge in [-0.1, -0.05) is 84.2 Å². The van der Waals surface area contributed by atoms with Crippen LogP contribution in [0.15, 0.2) is 89.8 Å². The van der Waals surface area contributed by atoms with E-state index in [9.17, 15) is 28.1 Å². The molecule has 0 bridgehead atoms. The number of carbonyl (C=O) groups is 2. The van der Waals surface area contributed by atoms with E-state index >= 15 is 0 Å². The maximum Gasteiger partial charge on any atom is 0.273 e. The maximum atomic E-state index is 14.8. The SMILES string of the molecule is CC[C@@H](C)NC(=O)[C@@H](Cc1ccccc1)N(Cc1c(Cl)cccc1Cl)C(=O)CN(c1cc(Cl)ccc1OC)S(=O)(=O)c1ccc(C)c([N+](=O)[O-])c1. The van der Waals surface area contributed by atoms with Gasteiger partial charge in [-0.15, -0.1) is 0 Å². The highest BCUT2D eigenvalue weighted by molar-refractivity contribution is 7.92. The lowest BCUT2D eigenvalue weighted by atomic mass is 10.0. The van der Waals surface area contributed by atoms with Crippen LogP contribution < -0.4 is 14.4 Å². The van der Waals surface area contributed by atoms with Gasteiger partial charge in [0.05, 0.1) is 22.6 Å².